The van der Waals surface area contributed by atoms with Gasteiger partial charge in [-0.3, -0.25) is 14.5 Å². The fourth-order valence-electron chi connectivity index (χ4n) is 3.51. The van der Waals surface area contributed by atoms with Crippen LogP contribution < -0.4 is 10.6 Å². The summed E-state index contributed by atoms with van der Waals surface area (Å²) in [6.45, 7) is 1.74. The highest BCUT2D eigenvalue weighted by atomic mass is 19.1. The minimum atomic E-state index is -0.567. The Labute approximate surface area is 169 Å². The van der Waals surface area contributed by atoms with Crippen molar-refractivity contribution in [2.45, 2.75) is 12.8 Å². The van der Waals surface area contributed by atoms with Crippen LogP contribution in [-0.2, 0) is 4.79 Å². The molecule has 1 aliphatic heterocycles. The standard InChI is InChI=1S/C22H26FN3O3/c23-19-9-5-4-8-18(19)21(29)24-15-22(16-27)10-12-26(13-11-22)14-20(28)25-17-6-2-1-3-7-17/h1-9,27H,10-16H2,(H,24,29)(H,25,28). The van der Waals surface area contributed by atoms with Gasteiger partial charge < -0.3 is 15.7 Å². The molecule has 0 spiro atoms. The number of aliphatic hydroxyl groups is 1. The molecule has 1 fully saturated rings. The maximum absolute atomic E-state index is 13.8. The normalized spacial score (nSPS) is 16.2. The predicted molar refractivity (Wildman–Crippen MR) is 109 cm³/mol. The molecule has 1 heterocycles. The van der Waals surface area contributed by atoms with E-state index in [4.69, 9.17) is 0 Å². The SMILES string of the molecule is O=C(CN1CCC(CO)(CNC(=O)c2ccccc2F)CC1)Nc1ccccc1. The number of rotatable bonds is 7. The van der Waals surface area contributed by atoms with E-state index in [-0.39, 0.29) is 31.2 Å². The van der Waals surface area contributed by atoms with E-state index in [2.05, 4.69) is 10.6 Å². The highest BCUT2D eigenvalue weighted by Gasteiger charge is 2.35. The van der Waals surface area contributed by atoms with Crippen molar-refractivity contribution in [3.63, 3.8) is 0 Å². The predicted octanol–water partition coefficient (Wildman–Crippen LogP) is 2.27. The lowest BCUT2D eigenvalue weighted by atomic mass is 9.79. The first-order chi connectivity index (χ1) is 14.0. The molecule has 3 rings (SSSR count). The van der Waals surface area contributed by atoms with E-state index in [1.165, 1.54) is 18.2 Å². The Morgan fingerprint density at radius 1 is 1.03 bits per heavy atom. The average molecular weight is 399 g/mol. The molecule has 2 amide bonds. The number of nitrogens with one attached hydrogen (secondary N) is 2. The number of piperidine rings is 1. The van der Waals surface area contributed by atoms with Crippen LogP contribution in [-0.4, -0.2) is 54.6 Å². The quantitative estimate of drug-likeness (QED) is 0.667. The molecule has 0 aromatic heterocycles. The van der Waals surface area contributed by atoms with E-state index in [9.17, 15) is 19.1 Å². The monoisotopic (exact) mass is 399 g/mol. The van der Waals surface area contributed by atoms with Crippen molar-refractivity contribution < 1.29 is 19.1 Å². The van der Waals surface area contributed by atoms with Crippen LogP contribution in [0.25, 0.3) is 0 Å². The summed E-state index contributed by atoms with van der Waals surface area (Å²) < 4.78 is 13.8. The van der Waals surface area contributed by atoms with E-state index in [0.717, 1.165) is 5.69 Å². The summed E-state index contributed by atoms with van der Waals surface area (Å²) in [7, 11) is 0. The molecule has 2 aromatic rings. The molecule has 0 radical (unpaired) electrons. The molecule has 0 aliphatic carbocycles. The van der Waals surface area contributed by atoms with Gasteiger partial charge in [0.05, 0.1) is 18.7 Å². The molecular weight excluding hydrogens is 373 g/mol. The number of hydrogen-bond acceptors (Lipinski definition) is 4. The molecular formula is C22H26FN3O3. The minimum absolute atomic E-state index is 0.00407. The fourth-order valence-corrected chi connectivity index (χ4v) is 3.51. The summed E-state index contributed by atoms with van der Waals surface area (Å²) >= 11 is 0. The van der Waals surface area contributed by atoms with Gasteiger partial charge in [-0.1, -0.05) is 30.3 Å². The molecule has 0 unspecified atom stereocenters. The largest absolute Gasteiger partial charge is 0.396 e. The first-order valence-corrected chi connectivity index (χ1v) is 9.72. The van der Waals surface area contributed by atoms with Crippen LogP contribution in [0.2, 0.25) is 0 Å². The van der Waals surface area contributed by atoms with Gasteiger partial charge >= 0.3 is 0 Å². The first kappa shape index (κ1) is 21.0. The Morgan fingerprint density at radius 3 is 2.34 bits per heavy atom. The van der Waals surface area contributed by atoms with Crippen LogP contribution in [0.5, 0.6) is 0 Å². The van der Waals surface area contributed by atoms with E-state index in [0.29, 0.717) is 25.9 Å². The zero-order valence-electron chi connectivity index (χ0n) is 16.2. The van der Waals surface area contributed by atoms with Crippen LogP contribution in [0.1, 0.15) is 23.2 Å². The molecule has 2 aromatic carbocycles. The smallest absolute Gasteiger partial charge is 0.254 e. The number of likely N-dealkylation sites (tertiary alicyclic amines) is 1. The van der Waals surface area contributed by atoms with Crippen LogP contribution in [0.4, 0.5) is 10.1 Å². The fraction of sp³-hybridized carbons (Fsp3) is 0.364. The van der Waals surface area contributed by atoms with E-state index in [1.54, 1.807) is 6.07 Å². The van der Waals surface area contributed by atoms with Crippen molar-refractivity contribution in [2.75, 3.05) is 38.1 Å². The summed E-state index contributed by atoms with van der Waals surface area (Å²) in [6, 6.07) is 15.1. The second-order valence-electron chi connectivity index (χ2n) is 7.51. The number of halogens is 1. The summed E-state index contributed by atoms with van der Waals surface area (Å²) in [5, 5.41) is 15.5. The van der Waals surface area contributed by atoms with Gasteiger partial charge in [0, 0.05) is 17.6 Å². The van der Waals surface area contributed by atoms with Gasteiger partial charge in [-0.25, -0.2) is 4.39 Å². The molecule has 0 saturated carbocycles. The van der Waals surface area contributed by atoms with Crippen LogP contribution in [0.3, 0.4) is 0 Å². The zero-order chi connectivity index (χ0) is 20.7. The topological polar surface area (TPSA) is 81.7 Å². The lowest BCUT2D eigenvalue weighted by molar-refractivity contribution is -0.118. The highest BCUT2D eigenvalue weighted by Crippen LogP contribution is 2.30. The average Bonchev–Trinajstić information content (AvgIpc) is 2.74. The van der Waals surface area contributed by atoms with Crippen LogP contribution in [0.15, 0.2) is 54.6 Å². The Kier molecular flexibility index (Phi) is 6.95. The van der Waals surface area contributed by atoms with Gasteiger partial charge in [-0.2, -0.15) is 0 Å². The van der Waals surface area contributed by atoms with Crippen molar-refractivity contribution in [3.8, 4) is 0 Å². The number of para-hydroxylation sites is 1. The van der Waals surface area contributed by atoms with Crippen LogP contribution in [0, 0.1) is 11.2 Å². The summed E-state index contributed by atoms with van der Waals surface area (Å²) in [5.74, 6) is -1.14. The Hall–Kier alpha value is -2.77. The Morgan fingerprint density at radius 2 is 1.69 bits per heavy atom. The van der Waals surface area contributed by atoms with E-state index in [1.807, 2.05) is 35.2 Å². The van der Waals surface area contributed by atoms with Gasteiger partial charge in [0.2, 0.25) is 5.91 Å². The first-order valence-electron chi connectivity index (χ1n) is 9.72. The summed E-state index contributed by atoms with van der Waals surface area (Å²) in [6.07, 6.45) is 1.28. The van der Waals surface area contributed by atoms with E-state index < -0.39 is 17.1 Å². The van der Waals surface area contributed by atoms with Crippen molar-refractivity contribution in [1.82, 2.24) is 10.2 Å². The zero-order valence-corrected chi connectivity index (χ0v) is 16.2. The maximum Gasteiger partial charge on any atom is 0.254 e. The third kappa shape index (κ3) is 5.62. The van der Waals surface area contributed by atoms with Gasteiger partial charge in [0.15, 0.2) is 0 Å². The number of carbonyl (C=O) groups is 2. The number of benzene rings is 2. The van der Waals surface area contributed by atoms with E-state index >= 15 is 0 Å². The molecule has 3 N–H and O–H groups in total. The third-order valence-electron chi connectivity index (χ3n) is 5.42. The second kappa shape index (κ2) is 9.62. The van der Waals surface area contributed by atoms with Gasteiger partial charge in [-0.15, -0.1) is 0 Å². The van der Waals surface area contributed by atoms with Crippen LogP contribution >= 0.6 is 0 Å². The van der Waals surface area contributed by atoms with Crippen molar-refractivity contribution >= 4 is 17.5 Å². The number of carbonyl (C=O) groups excluding carboxylic acids is 2. The van der Waals surface area contributed by atoms with Crippen molar-refractivity contribution in [1.29, 1.82) is 0 Å². The molecule has 7 heteroatoms. The lowest BCUT2D eigenvalue weighted by Crippen LogP contribution is -2.49. The Balaban J connectivity index is 1.48. The number of nitrogens with zero attached hydrogens (tertiary/aromatic N) is 1. The van der Waals surface area contributed by atoms with Gasteiger partial charge in [0.1, 0.15) is 5.82 Å². The summed E-state index contributed by atoms with van der Waals surface area (Å²) in [5.41, 5.74) is 0.290. The summed E-state index contributed by atoms with van der Waals surface area (Å²) in [4.78, 5) is 26.5. The number of anilines is 1. The lowest BCUT2D eigenvalue weighted by Gasteiger charge is -2.40. The number of aliphatic hydroxyl groups excluding tert-OH is 1. The van der Waals surface area contributed by atoms with Crippen molar-refractivity contribution in [3.05, 3.63) is 66.0 Å². The maximum atomic E-state index is 13.8. The molecule has 6 nitrogen and oxygen atoms in total. The molecule has 0 bridgehead atoms. The van der Waals surface area contributed by atoms with Gasteiger partial charge in [0.25, 0.3) is 5.91 Å². The molecule has 154 valence electrons. The molecule has 29 heavy (non-hydrogen) atoms. The minimum Gasteiger partial charge on any atom is -0.396 e. The molecule has 1 aliphatic rings. The number of hydrogen-bond donors (Lipinski definition) is 3. The number of amides is 2. The molecule has 1 saturated heterocycles. The van der Waals surface area contributed by atoms with Crippen molar-refractivity contribution in [2.24, 2.45) is 5.41 Å². The molecule has 0 atom stereocenters. The third-order valence-corrected chi connectivity index (χ3v) is 5.42. The highest BCUT2D eigenvalue weighted by molar-refractivity contribution is 5.94. The second-order valence-corrected chi connectivity index (χ2v) is 7.51. The van der Waals surface area contributed by atoms with Gasteiger partial charge in [-0.05, 0) is 50.2 Å². The Bertz CT molecular complexity index is 836.